The first-order chi connectivity index (χ1) is 15.9. The molecule has 0 saturated heterocycles. The van der Waals surface area contributed by atoms with Crippen LogP contribution in [0.5, 0.6) is 0 Å². The van der Waals surface area contributed by atoms with Gasteiger partial charge in [-0.2, -0.15) is 10.4 Å². The Kier molecular flexibility index (Phi) is 5.39. The van der Waals surface area contributed by atoms with Crippen molar-refractivity contribution in [2.45, 2.75) is 33.1 Å². The molecule has 9 heteroatoms. The fourth-order valence-corrected chi connectivity index (χ4v) is 5.91. The number of nitrogens with zero attached hydrogens (tertiary/aromatic N) is 4. The maximum atomic E-state index is 13.3. The minimum absolute atomic E-state index is 0.178. The summed E-state index contributed by atoms with van der Waals surface area (Å²) >= 11 is 8.10. The third kappa shape index (κ3) is 3.77. The molecule has 1 aliphatic carbocycles. The van der Waals surface area contributed by atoms with Crippen molar-refractivity contribution in [3.63, 3.8) is 0 Å². The summed E-state index contributed by atoms with van der Waals surface area (Å²) in [5.74, 6) is 0.425. The quantitative estimate of drug-likeness (QED) is 0.395. The van der Waals surface area contributed by atoms with Crippen LogP contribution in [0.1, 0.15) is 40.9 Å². The van der Waals surface area contributed by atoms with E-state index in [1.165, 1.54) is 33.0 Å². The van der Waals surface area contributed by atoms with Crippen molar-refractivity contribution in [2.75, 3.05) is 0 Å². The second kappa shape index (κ2) is 8.25. The third-order valence-electron chi connectivity index (χ3n) is 5.95. The van der Waals surface area contributed by atoms with Crippen LogP contribution in [-0.2, 0) is 12.8 Å². The topological polar surface area (TPSA) is 87.4 Å². The van der Waals surface area contributed by atoms with Gasteiger partial charge in [-0.15, -0.1) is 11.3 Å². The highest BCUT2D eigenvalue weighted by molar-refractivity contribution is 7.18. The average molecular weight is 480 g/mol. The predicted octanol–water partition coefficient (Wildman–Crippen LogP) is 5.46. The van der Waals surface area contributed by atoms with Crippen molar-refractivity contribution in [2.24, 2.45) is 5.92 Å². The van der Waals surface area contributed by atoms with Gasteiger partial charge in [0.05, 0.1) is 22.3 Å². The summed E-state index contributed by atoms with van der Waals surface area (Å²) in [5.41, 5.74) is 2.75. The number of hydrogen-bond donors (Lipinski definition) is 1. The molecule has 1 unspecified atom stereocenters. The first kappa shape index (κ1) is 21.6. The predicted molar refractivity (Wildman–Crippen MR) is 128 cm³/mol. The number of nitriles is 1. The third-order valence-corrected chi connectivity index (χ3v) is 7.46. The van der Waals surface area contributed by atoms with Gasteiger partial charge in [-0.3, -0.25) is 4.79 Å². The number of benzene rings is 1. The number of fused-ring (bicyclic) bond motifs is 3. The number of thiophene rings is 1. The molecule has 0 spiro atoms. The van der Waals surface area contributed by atoms with Crippen LogP contribution in [0.3, 0.4) is 0 Å². The Morgan fingerprint density at radius 1 is 1.39 bits per heavy atom. The first-order valence-electron chi connectivity index (χ1n) is 10.5. The Bertz CT molecular complexity index is 1520. The summed E-state index contributed by atoms with van der Waals surface area (Å²) < 4.78 is 14.8. The van der Waals surface area contributed by atoms with Crippen LogP contribution in [0.25, 0.3) is 27.6 Å². The normalized spacial score (nSPS) is 16.1. The highest BCUT2D eigenvalue weighted by Gasteiger charge is 2.24. The molecule has 0 aliphatic heterocycles. The van der Waals surface area contributed by atoms with Crippen LogP contribution in [-0.4, -0.2) is 19.7 Å². The van der Waals surface area contributed by atoms with Gasteiger partial charge in [0.1, 0.15) is 21.9 Å². The average Bonchev–Trinajstić information content (AvgIpc) is 3.29. The molecule has 1 atom stereocenters. The monoisotopic (exact) mass is 479 g/mol. The van der Waals surface area contributed by atoms with Gasteiger partial charge in [0, 0.05) is 10.4 Å². The molecule has 0 saturated carbocycles. The second-order valence-corrected chi connectivity index (χ2v) is 9.74. The molecule has 4 aromatic rings. The summed E-state index contributed by atoms with van der Waals surface area (Å²) in [7, 11) is 0. The maximum Gasteiger partial charge on any atom is 0.260 e. The number of aryl methyl sites for hydroxylation is 2. The van der Waals surface area contributed by atoms with Crippen molar-refractivity contribution in [1.82, 2.24) is 19.7 Å². The molecule has 0 amide bonds. The van der Waals surface area contributed by atoms with Crippen LogP contribution >= 0.6 is 22.9 Å². The highest BCUT2D eigenvalue weighted by Crippen LogP contribution is 2.36. The Morgan fingerprint density at radius 2 is 2.15 bits per heavy atom. The van der Waals surface area contributed by atoms with Crippen molar-refractivity contribution >= 4 is 44.8 Å². The zero-order chi connectivity index (χ0) is 23.3. The molecular formula is C24H19ClFN5OS. The zero-order valence-corrected chi connectivity index (χ0v) is 19.5. The van der Waals surface area contributed by atoms with E-state index in [9.17, 15) is 14.4 Å². The fraction of sp³-hybridized carbons (Fsp3) is 0.250. The van der Waals surface area contributed by atoms with Crippen LogP contribution < -0.4 is 5.56 Å². The summed E-state index contributed by atoms with van der Waals surface area (Å²) in [6, 6.07) is 7.91. The molecule has 1 aliphatic rings. The second-order valence-electron chi connectivity index (χ2n) is 8.29. The minimum Gasteiger partial charge on any atom is -0.305 e. The first-order valence-corrected chi connectivity index (χ1v) is 11.7. The molecule has 0 radical (unpaired) electrons. The maximum absolute atomic E-state index is 13.3. The molecule has 0 bridgehead atoms. The van der Waals surface area contributed by atoms with Crippen LogP contribution in [0, 0.1) is 30.0 Å². The molecule has 6 nitrogen and oxygen atoms in total. The van der Waals surface area contributed by atoms with E-state index >= 15 is 0 Å². The number of rotatable bonds is 3. The van der Waals surface area contributed by atoms with E-state index < -0.39 is 0 Å². The number of H-pyrrole nitrogens is 1. The molecule has 166 valence electrons. The van der Waals surface area contributed by atoms with Gasteiger partial charge in [-0.25, -0.2) is 14.1 Å². The molecule has 3 aromatic heterocycles. The molecular weight excluding hydrogens is 461 g/mol. The van der Waals surface area contributed by atoms with Crippen LogP contribution in [0.15, 0.2) is 29.1 Å². The Labute approximate surface area is 198 Å². The summed E-state index contributed by atoms with van der Waals surface area (Å²) in [6.45, 7) is 3.98. The van der Waals surface area contributed by atoms with Crippen LogP contribution in [0.4, 0.5) is 4.39 Å². The van der Waals surface area contributed by atoms with E-state index in [4.69, 9.17) is 11.6 Å². The molecule has 3 heterocycles. The number of nitrogens with one attached hydrogen (secondary N) is 1. The Morgan fingerprint density at radius 3 is 2.88 bits per heavy atom. The number of aromatic amines is 1. The highest BCUT2D eigenvalue weighted by atomic mass is 35.5. The fourth-order valence-electron chi connectivity index (χ4n) is 4.20. The molecule has 1 aromatic carbocycles. The SMILES string of the molecule is Cc1nn(-c2ccc(F)cc2)c(Cl)c1/C=C(\C#N)c1nc2sc3c(c2c(=O)[nH]1)CCC(C)C3. The van der Waals surface area contributed by atoms with Gasteiger partial charge in [0.25, 0.3) is 5.56 Å². The summed E-state index contributed by atoms with van der Waals surface area (Å²) in [4.78, 5) is 22.2. The lowest BCUT2D eigenvalue weighted by molar-refractivity contribution is 0.509. The van der Waals surface area contributed by atoms with Crippen molar-refractivity contribution in [3.05, 3.63) is 73.1 Å². The van der Waals surface area contributed by atoms with Gasteiger partial charge < -0.3 is 4.98 Å². The molecule has 1 N–H and O–H groups in total. The molecule has 5 rings (SSSR count). The Hall–Kier alpha value is -3.28. The lowest BCUT2D eigenvalue weighted by Crippen LogP contribution is -2.14. The number of hydrogen-bond acceptors (Lipinski definition) is 5. The standard InChI is InChI=1S/C24H19ClFN5OS/c1-12-3-8-17-19(9-12)33-24-20(17)23(32)28-22(29-24)14(11-27)10-18-13(2)30-31(21(18)25)16-6-4-15(26)5-7-16/h4-7,10,12H,3,8-9H2,1-2H3,(H,28,29,32)/b14-10+. The molecule has 33 heavy (non-hydrogen) atoms. The number of halogens is 2. The van der Waals surface area contributed by atoms with E-state index in [-0.39, 0.29) is 27.9 Å². The van der Waals surface area contributed by atoms with E-state index in [2.05, 4.69) is 28.1 Å². The lowest BCUT2D eigenvalue weighted by atomic mass is 9.89. The summed E-state index contributed by atoms with van der Waals surface area (Å²) in [5, 5.41) is 15.2. The lowest BCUT2D eigenvalue weighted by Gasteiger charge is -2.17. The molecule has 0 fully saturated rings. The van der Waals surface area contributed by atoms with E-state index in [1.807, 2.05) is 0 Å². The number of aromatic nitrogens is 4. The van der Waals surface area contributed by atoms with Gasteiger partial charge >= 0.3 is 0 Å². The van der Waals surface area contributed by atoms with E-state index in [0.717, 1.165) is 24.8 Å². The van der Waals surface area contributed by atoms with Crippen molar-refractivity contribution < 1.29 is 4.39 Å². The summed E-state index contributed by atoms with van der Waals surface area (Å²) in [6.07, 6.45) is 4.45. The van der Waals surface area contributed by atoms with Gasteiger partial charge in [0.15, 0.2) is 5.82 Å². The van der Waals surface area contributed by atoms with Gasteiger partial charge in [-0.05, 0) is 68.0 Å². The van der Waals surface area contributed by atoms with Gasteiger partial charge in [0.2, 0.25) is 0 Å². The van der Waals surface area contributed by atoms with E-state index in [1.54, 1.807) is 25.1 Å². The van der Waals surface area contributed by atoms with Gasteiger partial charge in [-0.1, -0.05) is 18.5 Å². The zero-order valence-electron chi connectivity index (χ0n) is 17.9. The van der Waals surface area contributed by atoms with Crippen LogP contribution in [0.2, 0.25) is 5.15 Å². The van der Waals surface area contributed by atoms with E-state index in [0.29, 0.717) is 33.1 Å². The minimum atomic E-state index is -0.360. The smallest absolute Gasteiger partial charge is 0.260 e. The van der Waals surface area contributed by atoms with Crippen molar-refractivity contribution in [1.29, 1.82) is 5.26 Å². The largest absolute Gasteiger partial charge is 0.305 e. The number of allylic oxidation sites excluding steroid dienone is 1. The van der Waals surface area contributed by atoms with Crippen molar-refractivity contribution in [3.8, 4) is 11.8 Å². The Balaban J connectivity index is 1.60.